The second-order valence-corrected chi connectivity index (χ2v) is 8.72. The highest BCUT2D eigenvalue weighted by Gasteiger charge is 2.58. The zero-order valence-electron chi connectivity index (χ0n) is 18.8. The smallest absolute Gasteiger partial charge is 0.233 e. The number of imide groups is 1. The van der Waals surface area contributed by atoms with Crippen LogP contribution in [-0.4, -0.2) is 60.4 Å². The van der Waals surface area contributed by atoms with Crippen LogP contribution in [0.3, 0.4) is 0 Å². The van der Waals surface area contributed by atoms with Crippen LogP contribution in [0.2, 0.25) is 0 Å². The van der Waals surface area contributed by atoms with E-state index in [1.807, 2.05) is 25.1 Å². The molecule has 172 valence electrons. The van der Waals surface area contributed by atoms with Gasteiger partial charge in [-0.2, -0.15) is 0 Å². The summed E-state index contributed by atoms with van der Waals surface area (Å²) < 4.78 is 0. The number of nitrogens with one attached hydrogen (secondary N) is 3. The van der Waals surface area contributed by atoms with Crippen LogP contribution in [-0.2, 0) is 9.59 Å². The molecule has 1 aromatic rings. The molecule has 2 heterocycles. The van der Waals surface area contributed by atoms with Crippen molar-refractivity contribution in [2.45, 2.75) is 32.6 Å². The molecule has 8 nitrogen and oxygen atoms in total. The van der Waals surface area contributed by atoms with Gasteiger partial charge in [0, 0.05) is 38.9 Å². The van der Waals surface area contributed by atoms with E-state index in [4.69, 9.17) is 0 Å². The Morgan fingerprint density at radius 3 is 2.50 bits per heavy atom. The largest absolute Gasteiger partial charge is 0.370 e. The van der Waals surface area contributed by atoms with E-state index in [1.165, 1.54) is 4.90 Å². The molecular formula is C24H34N6O2. The lowest BCUT2D eigenvalue weighted by Gasteiger charge is -2.17. The highest BCUT2D eigenvalue weighted by Crippen LogP contribution is 2.52. The lowest BCUT2D eigenvalue weighted by Crippen LogP contribution is -2.38. The van der Waals surface area contributed by atoms with E-state index in [0.29, 0.717) is 19.5 Å². The molecule has 1 saturated carbocycles. The molecule has 3 aliphatic rings. The molecule has 32 heavy (non-hydrogen) atoms. The predicted molar refractivity (Wildman–Crippen MR) is 125 cm³/mol. The molecule has 2 bridgehead atoms. The number of likely N-dealkylation sites (tertiary alicyclic amines) is 1. The van der Waals surface area contributed by atoms with Crippen LogP contribution in [0, 0.1) is 23.7 Å². The van der Waals surface area contributed by atoms with E-state index in [9.17, 15) is 9.59 Å². The van der Waals surface area contributed by atoms with E-state index >= 15 is 0 Å². The third-order valence-electron chi connectivity index (χ3n) is 6.58. The van der Waals surface area contributed by atoms with Crippen molar-refractivity contribution in [3.8, 4) is 0 Å². The van der Waals surface area contributed by atoms with Crippen LogP contribution in [0.4, 0.5) is 5.82 Å². The van der Waals surface area contributed by atoms with Gasteiger partial charge in [-0.1, -0.05) is 18.2 Å². The summed E-state index contributed by atoms with van der Waals surface area (Å²) >= 11 is 0. The minimum Gasteiger partial charge on any atom is -0.370 e. The highest BCUT2D eigenvalue weighted by molar-refractivity contribution is 6.06. The molecule has 8 heteroatoms. The van der Waals surface area contributed by atoms with Crippen LogP contribution < -0.4 is 16.0 Å². The number of carbonyl (C=O) groups is 2. The first-order chi connectivity index (χ1) is 15.7. The molecule has 0 aromatic carbocycles. The van der Waals surface area contributed by atoms with E-state index in [0.717, 1.165) is 50.7 Å². The number of aliphatic imine (C=N–C) groups is 1. The average molecular weight is 439 g/mol. The number of hydrogen-bond acceptors (Lipinski definition) is 5. The van der Waals surface area contributed by atoms with Crippen molar-refractivity contribution in [1.29, 1.82) is 0 Å². The summed E-state index contributed by atoms with van der Waals surface area (Å²) in [4.78, 5) is 35.8. The quantitative estimate of drug-likeness (QED) is 0.161. The van der Waals surface area contributed by atoms with Gasteiger partial charge in [0.1, 0.15) is 5.82 Å². The SMILES string of the molecule is CCNC(=NCCCN1C(=O)C2C3C=CC(C3)C2C1=O)NCCCCNc1ccccn1. The first-order valence-electron chi connectivity index (χ1n) is 11.9. The fourth-order valence-corrected chi connectivity index (χ4v) is 5.09. The first-order valence-corrected chi connectivity index (χ1v) is 11.9. The molecule has 4 atom stereocenters. The third kappa shape index (κ3) is 4.95. The second-order valence-electron chi connectivity index (χ2n) is 8.72. The van der Waals surface area contributed by atoms with Crippen LogP contribution in [0.25, 0.3) is 0 Å². The summed E-state index contributed by atoms with van der Waals surface area (Å²) in [6.45, 7) is 5.58. The highest BCUT2D eigenvalue weighted by atomic mass is 16.2. The maximum absolute atomic E-state index is 12.7. The Hall–Kier alpha value is -2.90. The monoisotopic (exact) mass is 438 g/mol. The Morgan fingerprint density at radius 1 is 1.06 bits per heavy atom. The second kappa shape index (κ2) is 10.6. The van der Waals surface area contributed by atoms with E-state index in [2.05, 4.69) is 38.1 Å². The minimum absolute atomic E-state index is 0.0326. The van der Waals surface area contributed by atoms with Crippen molar-refractivity contribution in [2.75, 3.05) is 38.0 Å². The molecule has 1 aromatic heterocycles. The number of pyridine rings is 1. The molecule has 2 amide bonds. The van der Waals surface area contributed by atoms with Gasteiger partial charge in [-0.25, -0.2) is 4.98 Å². The summed E-state index contributed by atoms with van der Waals surface area (Å²) in [6.07, 6.45) is 9.75. The van der Waals surface area contributed by atoms with Gasteiger partial charge in [0.25, 0.3) is 0 Å². The summed E-state index contributed by atoms with van der Waals surface area (Å²) in [5, 5.41) is 9.92. The normalized spacial score (nSPS) is 26.0. The van der Waals surface area contributed by atoms with Gasteiger partial charge in [0.15, 0.2) is 5.96 Å². The van der Waals surface area contributed by atoms with Crippen molar-refractivity contribution >= 4 is 23.6 Å². The summed E-state index contributed by atoms with van der Waals surface area (Å²) in [7, 11) is 0. The number of hydrogen-bond donors (Lipinski definition) is 3. The molecule has 2 fully saturated rings. The van der Waals surface area contributed by atoms with Crippen molar-refractivity contribution in [1.82, 2.24) is 20.5 Å². The number of allylic oxidation sites excluding steroid dienone is 2. The molecule has 0 radical (unpaired) electrons. The zero-order chi connectivity index (χ0) is 22.3. The first kappa shape index (κ1) is 22.3. The molecular weight excluding hydrogens is 404 g/mol. The molecule has 0 spiro atoms. The molecule has 3 N–H and O–H groups in total. The summed E-state index contributed by atoms with van der Waals surface area (Å²) in [5.41, 5.74) is 0. The van der Waals surface area contributed by atoms with Gasteiger partial charge in [-0.05, 0) is 56.6 Å². The van der Waals surface area contributed by atoms with Gasteiger partial charge >= 0.3 is 0 Å². The van der Waals surface area contributed by atoms with Crippen LogP contribution in [0.5, 0.6) is 0 Å². The van der Waals surface area contributed by atoms with Gasteiger partial charge in [0.05, 0.1) is 11.8 Å². The number of anilines is 1. The average Bonchev–Trinajstić information content (AvgIpc) is 3.49. The minimum atomic E-state index is -0.104. The molecule has 4 unspecified atom stereocenters. The Bertz CT molecular complexity index is 825. The number of aromatic nitrogens is 1. The molecule has 1 saturated heterocycles. The van der Waals surface area contributed by atoms with E-state index in [1.54, 1.807) is 6.20 Å². The molecule has 1 aliphatic heterocycles. The standard InChI is InChI=1S/C24H34N6O2/c1-2-25-24(28-13-6-5-12-27-19-8-3-4-11-26-19)29-14-7-15-30-22(31)20-17-9-10-18(16-17)21(20)23(30)32/h3-4,8-11,17-18,20-21H,2,5-7,12-16H2,1H3,(H,26,27)(H2,25,28,29). The summed E-state index contributed by atoms with van der Waals surface area (Å²) in [6, 6.07) is 5.84. The van der Waals surface area contributed by atoms with Crippen molar-refractivity contribution < 1.29 is 9.59 Å². The number of rotatable bonds is 11. The Kier molecular flexibility index (Phi) is 7.39. The predicted octanol–water partition coefficient (Wildman–Crippen LogP) is 2.03. The topological polar surface area (TPSA) is 98.7 Å². The Morgan fingerprint density at radius 2 is 1.81 bits per heavy atom. The van der Waals surface area contributed by atoms with Crippen molar-refractivity contribution in [3.63, 3.8) is 0 Å². The maximum Gasteiger partial charge on any atom is 0.233 e. The number of guanidine groups is 1. The lowest BCUT2D eigenvalue weighted by atomic mass is 9.85. The van der Waals surface area contributed by atoms with Gasteiger partial charge in [0.2, 0.25) is 11.8 Å². The fourth-order valence-electron chi connectivity index (χ4n) is 5.09. The summed E-state index contributed by atoms with van der Waals surface area (Å²) in [5.74, 6) is 2.08. The number of nitrogens with zero attached hydrogens (tertiary/aromatic N) is 3. The number of amides is 2. The van der Waals surface area contributed by atoms with Crippen LogP contribution in [0.1, 0.15) is 32.6 Å². The Labute approximate surface area is 190 Å². The lowest BCUT2D eigenvalue weighted by molar-refractivity contribution is -0.140. The number of fused-ring (bicyclic) bond motifs is 5. The molecule has 2 aliphatic carbocycles. The third-order valence-corrected chi connectivity index (χ3v) is 6.58. The van der Waals surface area contributed by atoms with Crippen LogP contribution >= 0.6 is 0 Å². The Balaban J connectivity index is 1.14. The van der Waals surface area contributed by atoms with Gasteiger partial charge < -0.3 is 16.0 Å². The number of carbonyl (C=O) groups excluding carboxylic acids is 2. The fraction of sp³-hybridized carbons (Fsp3) is 0.583. The molecule has 4 rings (SSSR count). The maximum atomic E-state index is 12.7. The van der Waals surface area contributed by atoms with E-state index < -0.39 is 0 Å². The zero-order valence-corrected chi connectivity index (χ0v) is 18.8. The van der Waals surface area contributed by atoms with Gasteiger partial charge in [-0.3, -0.25) is 19.5 Å². The van der Waals surface area contributed by atoms with Crippen molar-refractivity contribution in [2.24, 2.45) is 28.7 Å². The van der Waals surface area contributed by atoms with Gasteiger partial charge in [-0.15, -0.1) is 0 Å². The van der Waals surface area contributed by atoms with Crippen molar-refractivity contribution in [3.05, 3.63) is 36.5 Å². The number of unbranched alkanes of at least 4 members (excludes halogenated alkanes) is 1. The van der Waals surface area contributed by atoms with E-state index in [-0.39, 0.29) is 35.5 Å². The van der Waals surface area contributed by atoms with Crippen LogP contribution in [0.15, 0.2) is 41.5 Å².